The first-order chi connectivity index (χ1) is 7.16. The van der Waals surface area contributed by atoms with Crippen molar-refractivity contribution in [2.24, 2.45) is 11.7 Å². The molecule has 0 aromatic rings. The second kappa shape index (κ2) is 4.40. The lowest BCUT2D eigenvalue weighted by Crippen LogP contribution is -2.48. The molecule has 0 atom stereocenters. The van der Waals surface area contributed by atoms with Gasteiger partial charge in [-0.3, -0.25) is 4.90 Å². The molecule has 3 heteroatoms. The summed E-state index contributed by atoms with van der Waals surface area (Å²) < 4.78 is 0. The van der Waals surface area contributed by atoms with E-state index in [0.29, 0.717) is 5.54 Å². The van der Waals surface area contributed by atoms with Crippen molar-refractivity contribution in [2.75, 3.05) is 40.3 Å². The van der Waals surface area contributed by atoms with E-state index in [2.05, 4.69) is 23.9 Å². The van der Waals surface area contributed by atoms with Crippen molar-refractivity contribution in [3.05, 3.63) is 0 Å². The third kappa shape index (κ3) is 2.52. The summed E-state index contributed by atoms with van der Waals surface area (Å²) in [7, 11) is 4.35. The van der Waals surface area contributed by atoms with Crippen LogP contribution in [0.1, 0.15) is 25.7 Å². The molecular weight excluding hydrogens is 186 g/mol. The summed E-state index contributed by atoms with van der Waals surface area (Å²) in [4.78, 5) is 4.97. The van der Waals surface area contributed by atoms with Gasteiger partial charge in [-0.05, 0) is 58.8 Å². The largest absolute Gasteiger partial charge is 0.329 e. The summed E-state index contributed by atoms with van der Waals surface area (Å²) in [6.07, 6.45) is 5.39. The first kappa shape index (κ1) is 11.4. The molecule has 0 aromatic heterocycles. The van der Waals surface area contributed by atoms with Crippen LogP contribution in [-0.2, 0) is 0 Å². The van der Waals surface area contributed by atoms with Gasteiger partial charge in [0.2, 0.25) is 0 Å². The average Bonchev–Trinajstić information content (AvgIpc) is 2.99. The lowest BCUT2D eigenvalue weighted by molar-refractivity contribution is 0.110. The van der Waals surface area contributed by atoms with E-state index in [4.69, 9.17) is 5.73 Å². The highest BCUT2D eigenvalue weighted by Gasteiger charge is 2.47. The van der Waals surface area contributed by atoms with E-state index in [0.717, 1.165) is 12.5 Å². The van der Waals surface area contributed by atoms with Crippen LogP contribution in [0.25, 0.3) is 0 Å². The Kier molecular flexibility index (Phi) is 3.33. The molecule has 2 aliphatic rings. The van der Waals surface area contributed by atoms with Crippen LogP contribution in [0.15, 0.2) is 0 Å². The highest BCUT2D eigenvalue weighted by Crippen LogP contribution is 2.42. The molecule has 1 aliphatic heterocycles. The van der Waals surface area contributed by atoms with Crippen molar-refractivity contribution in [3.8, 4) is 0 Å². The van der Waals surface area contributed by atoms with Gasteiger partial charge in [-0.1, -0.05) is 0 Å². The summed E-state index contributed by atoms with van der Waals surface area (Å²) in [5, 5.41) is 0. The highest BCUT2D eigenvalue weighted by molar-refractivity contribution is 5.05. The lowest BCUT2D eigenvalue weighted by atomic mass is 9.95. The molecule has 3 nitrogen and oxygen atoms in total. The smallest absolute Gasteiger partial charge is 0.0333 e. The molecule has 1 aliphatic carbocycles. The van der Waals surface area contributed by atoms with Gasteiger partial charge in [0.05, 0.1) is 0 Å². The summed E-state index contributed by atoms with van der Waals surface area (Å²) >= 11 is 0. The quantitative estimate of drug-likeness (QED) is 0.745. The molecular formula is C12H25N3. The maximum absolute atomic E-state index is 5.87. The average molecular weight is 211 g/mol. The minimum Gasteiger partial charge on any atom is -0.329 e. The standard InChI is InChI=1S/C12H25N3/c1-14(2)9-11-3-7-15(8-4-11)12(10-13)5-6-12/h11H,3-10,13H2,1-2H3. The minimum absolute atomic E-state index is 0.434. The molecule has 0 spiro atoms. The van der Waals surface area contributed by atoms with Gasteiger partial charge in [0.15, 0.2) is 0 Å². The van der Waals surface area contributed by atoms with Crippen LogP contribution in [0.4, 0.5) is 0 Å². The molecule has 15 heavy (non-hydrogen) atoms. The monoisotopic (exact) mass is 211 g/mol. The maximum atomic E-state index is 5.87. The van der Waals surface area contributed by atoms with E-state index in [9.17, 15) is 0 Å². The fourth-order valence-corrected chi connectivity index (χ4v) is 2.90. The Morgan fingerprint density at radius 3 is 2.27 bits per heavy atom. The first-order valence-electron chi connectivity index (χ1n) is 6.26. The van der Waals surface area contributed by atoms with Crippen LogP contribution in [-0.4, -0.2) is 55.6 Å². The summed E-state index contributed by atoms with van der Waals surface area (Å²) in [5.74, 6) is 0.907. The van der Waals surface area contributed by atoms with Crippen molar-refractivity contribution in [1.82, 2.24) is 9.80 Å². The molecule has 2 rings (SSSR count). The molecule has 2 N–H and O–H groups in total. The van der Waals surface area contributed by atoms with Crippen molar-refractivity contribution in [1.29, 1.82) is 0 Å². The number of nitrogens with two attached hydrogens (primary N) is 1. The Balaban J connectivity index is 1.77. The molecule has 0 bridgehead atoms. The number of rotatable bonds is 4. The Bertz CT molecular complexity index is 203. The Hall–Kier alpha value is -0.120. The summed E-state index contributed by atoms with van der Waals surface area (Å²) in [5.41, 5.74) is 6.30. The van der Waals surface area contributed by atoms with Gasteiger partial charge in [0, 0.05) is 18.6 Å². The molecule has 0 amide bonds. The Morgan fingerprint density at radius 2 is 1.87 bits per heavy atom. The van der Waals surface area contributed by atoms with E-state index in [1.54, 1.807) is 0 Å². The van der Waals surface area contributed by atoms with Gasteiger partial charge in [-0.2, -0.15) is 0 Å². The van der Waals surface area contributed by atoms with Crippen LogP contribution in [0.2, 0.25) is 0 Å². The second-order valence-corrected chi connectivity index (χ2v) is 5.62. The summed E-state index contributed by atoms with van der Waals surface area (Å²) in [6, 6.07) is 0. The third-order valence-corrected chi connectivity index (χ3v) is 4.12. The van der Waals surface area contributed by atoms with Gasteiger partial charge in [-0.25, -0.2) is 0 Å². The van der Waals surface area contributed by atoms with E-state index in [1.165, 1.54) is 45.3 Å². The minimum atomic E-state index is 0.434. The van der Waals surface area contributed by atoms with Crippen LogP contribution >= 0.6 is 0 Å². The Labute approximate surface area is 93.6 Å². The zero-order chi connectivity index (χ0) is 10.9. The first-order valence-corrected chi connectivity index (χ1v) is 6.26. The van der Waals surface area contributed by atoms with Crippen LogP contribution < -0.4 is 5.73 Å². The Morgan fingerprint density at radius 1 is 1.27 bits per heavy atom. The topological polar surface area (TPSA) is 32.5 Å². The van der Waals surface area contributed by atoms with E-state index in [-0.39, 0.29) is 0 Å². The number of nitrogens with zero attached hydrogens (tertiary/aromatic N) is 2. The molecule has 0 unspecified atom stereocenters. The molecule has 0 radical (unpaired) electrons. The highest BCUT2D eigenvalue weighted by atomic mass is 15.2. The molecule has 1 saturated carbocycles. The summed E-state index contributed by atoms with van der Waals surface area (Å²) in [6.45, 7) is 4.67. The number of piperidine rings is 1. The zero-order valence-corrected chi connectivity index (χ0v) is 10.2. The number of hydrogen-bond acceptors (Lipinski definition) is 3. The van der Waals surface area contributed by atoms with Gasteiger partial charge >= 0.3 is 0 Å². The maximum Gasteiger partial charge on any atom is 0.0333 e. The van der Waals surface area contributed by atoms with E-state index in [1.807, 2.05) is 0 Å². The third-order valence-electron chi connectivity index (χ3n) is 4.12. The SMILES string of the molecule is CN(C)CC1CCN(C2(CN)CC2)CC1. The van der Waals surface area contributed by atoms with Crippen LogP contribution in [0.3, 0.4) is 0 Å². The molecule has 2 fully saturated rings. The van der Waals surface area contributed by atoms with E-state index >= 15 is 0 Å². The van der Waals surface area contributed by atoms with Crippen molar-refractivity contribution < 1.29 is 0 Å². The fraction of sp³-hybridized carbons (Fsp3) is 1.00. The number of likely N-dealkylation sites (tertiary alicyclic amines) is 1. The van der Waals surface area contributed by atoms with Crippen LogP contribution in [0.5, 0.6) is 0 Å². The zero-order valence-electron chi connectivity index (χ0n) is 10.2. The molecule has 0 aromatic carbocycles. The normalized spacial score (nSPS) is 27.2. The van der Waals surface area contributed by atoms with Crippen molar-refractivity contribution in [3.63, 3.8) is 0 Å². The fourth-order valence-electron chi connectivity index (χ4n) is 2.90. The van der Waals surface area contributed by atoms with Crippen molar-refractivity contribution in [2.45, 2.75) is 31.2 Å². The number of hydrogen-bond donors (Lipinski definition) is 1. The van der Waals surface area contributed by atoms with Gasteiger partial charge in [0.25, 0.3) is 0 Å². The lowest BCUT2D eigenvalue weighted by Gasteiger charge is -2.38. The van der Waals surface area contributed by atoms with Crippen molar-refractivity contribution >= 4 is 0 Å². The van der Waals surface area contributed by atoms with Gasteiger partial charge in [0.1, 0.15) is 0 Å². The second-order valence-electron chi connectivity index (χ2n) is 5.62. The molecule has 88 valence electrons. The van der Waals surface area contributed by atoms with Gasteiger partial charge < -0.3 is 10.6 Å². The molecule has 1 saturated heterocycles. The predicted octanol–water partition coefficient (Wildman–Crippen LogP) is 0.751. The van der Waals surface area contributed by atoms with Crippen LogP contribution in [0, 0.1) is 5.92 Å². The predicted molar refractivity (Wildman–Crippen MR) is 63.9 cm³/mol. The molecule has 1 heterocycles. The van der Waals surface area contributed by atoms with Gasteiger partial charge in [-0.15, -0.1) is 0 Å². The van der Waals surface area contributed by atoms with E-state index < -0.39 is 0 Å².